The number of likely N-dealkylation sites (tertiary alicyclic amines) is 1. The molecule has 1 atom stereocenters. The fourth-order valence-corrected chi connectivity index (χ4v) is 7.41. The Morgan fingerprint density at radius 3 is 2.38 bits per heavy atom. The summed E-state index contributed by atoms with van der Waals surface area (Å²) in [6.07, 6.45) is 4.17. The van der Waals surface area contributed by atoms with E-state index >= 15 is 0 Å². The molecular formula is C24H27N3O3S2. The summed E-state index contributed by atoms with van der Waals surface area (Å²) >= 11 is 1.68. The summed E-state index contributed by atoms with van der Waals surface area (Å²) in [7, 11) is -3.50. The first-order chi connectivity index (χ1) is 15.5. The average molecular weight is 470 g/mol. The minimum atomic E-state index is -3.50. The molecule has 5 rings (SSSR count). The lowest BCUT2D eigenvalue weighted by molar-refractivity contribution is -0.140. The highest BCUT2D eigenvalue weighted by atomic mass is 32.2. The first kappa shape index (κ1) is 21.6. The zero-order valence-corrected chi connectivity index (χ0v) is 19.5. The number of piperidine rings is 2. The molecule has 1 unspecified atom stereocenters. The Morgan fingerprint density at radius 2 is 1.62 bits per heavy atom. The quantitative estimate of drug-likeness (QED) is 0.566. The van der Waals surface area contributed by atoms with Gasteiger partial charge in [0.25, 0.3) is 0 Å². The number of carbonyl (C=O) groups excluding carboxylic acids is 1. The molecule has 2 fully saturated rings. The van der Waals surface area contributed by atoms with Crippen LogP contribution in [0, 0.1) is 5.92 Å². The van der Waals surface area contributed by atoms with Crippen molar-refractivity contribution in [2.45, 2.75) is 43.0 Å². The molecule has 0 aliphatic carbocycles. The fraction of sp³-hybridized carbons (Fsp3) is 0.417. The van der Waals surface area contributed by atoms with Crippen LogP contribution in [0.25, 0.3) is 10.2 Å². The summed E-state index contributed by atoms with van der Waals surface area (Å²) in [6, 6.07) is 16.7. The zero-order valence-electron chi connectivity index (χ0n) is 17.9. The standard InChI is InChI=1S/C24H27N3O3S2/c28-24(18-13-16-26(17-14-18)32(29,30)19-8-2-1-3-9-19)27-15-7-6-11-21(27)23-25-20-10-4-5-12-22(20)31-23/h1-5,8-10,12,18,21H,6-7,11,13-17H2. The molecule has 1 amide bonds. The average Bonchev–Trinajstić information content (AvgIpc) is 3.28. The van der Waals surface area contributed by atoms with Gasteiger partial charge in [0.1, 0.15) is 5.01 Å². The molecule has 6 nitrogen and oxygen atoms in total. The smallest absolute Gasteiger partial charge is 0.243 e. The molecule has 2 saturated heterocycles. The number of hydrogen-bond acceptors (Lipinski definition) is 5. The number of para-hydroxylation sites is 1. The van der Waals surface area contributed by atoms with Gasteiger partial charge in [-0.1, -0.05) is 30.3 Å². The largest absolute Gasteiger partial charge is 0.333 e. The predicted molar refractivity (Wildman–Crippen MR) is 126 cm³/mol. The molecule has 3 heterocycles. The van der Waals surface area contributed by atoms with Gasteiger partial charge < -0.3 is 4.90 Å². The number of fused-ring (bicyclic) bond motifs is 1. The molecule has 0 radical (unpaired) electrons. The van der Waals surface area contributed by atoms with Crippen molar-refractivity contribution in [2.24, 2.45) is 5.92 Å². The van der Waals surface area contributed by atoms with E-state index in [1.54, 1.807) is 35.6 Å². The van der Waals surface area contributed by atoms with E-state index in [9.17, 15) is 13.2 Å². The molecule has 0 bridgehead atoms. The van der Waals surface area contributed by atoms with E-state index in [1.165, 1.54) is 4.31 Å². The maximum absolute atomic E-state index is 13.5. The van der Waals surface area contributed by atoms with Crippen LogP contribution in [0.3, 0.4) is 0 Å². The molecule has 2 aliphatic heterocycles. The third kappa shape index (κ3) is 4.07. The molecule has 168 valence electrons. The first-order valence-electron chi connectivity index (χ1n) is 11.3. The molecule has 0 saturated carbocycles. The van der Waals surface area contributed by atoms with Gasteiger partial charge in [0.05, 0.1) is 21.2 Å². The highest BCUT2D eigenvalue weighted by Crippen LogP contribution is 2.37. The van der Waals surface area contributed by atoms with Gasteiger partial charge in [0, 0.05) is 25.6 Å². The van der Waals surface area contributed by atoms with Crippen LogP contribution in [0.5, 0.6) is 0 Å². The van der Waals surface area contributed by atoms with Crippen molar-refractivity contribution in [3.05, 3.63) is 59.6 Å². The number of sulfonamides is 1. The summed E-state index contributed by atoms with van der Waals surface area (Å²) in [4.78, 5) is 20.7. The number of nitrogens with zero attached hydrogens (tertiary/aromatic N) is 3. The van der Waals surface area contributed by atoms with Crippen molar-refractivity contribution in [2.75, 3.05) is 19.6 Å². The summed E-state index contributed by atoms with van der Waals surface area (Å²) in [5.74, 6) is 0.0258. The van der Waals surface area contributed by atoms with Gasteiger partial charge >= 0.3 is 0 Å². The lowest BCUT2D eigenvalue weighted by Gasteiger charge is -2.39. The number of aromatic nitrogens is 1. The Labute approximate surface area is 192 Å². The third-order valence-electron chi connectivity index (χ3n) is 6.57. The monoisotopic (exact) mass is 469 g/mol. The van der Waals surface area contributed by atoms with Crippen molar-refractivity contribution < 1.29 is 13.2 Å². The summed E-state index contributed by atoms with van der Waals surface area (Å²) < 4.78 is 28.5. The van der Waals surface area contributed by atoms with Crippen LogP contribution in [0.15, 0.2) is 59.5 Å². The van der Waals surface area contributed by atoms with Crippen LogP contribution in [0.2, 0.25) is 0 Å². The normalized spacial score (nSPS) is 21.1. The number of thiazole rings is 1. The summed E-state index contributed by atoms with van der Waals surface area (Å²) in [5.41, 5.74) is 0.991. The highest BCUT2D eigenvalue weighted by Gasteiger charge is 2.37. The predicted octanol–water partition coefficient (Wildman–Crippen LogP) is 4.45. The minimum absolute atomic E-state index is 0.0275. The lowest BCUT2D eigenvalue weighted by Crippen LogP contribution is -2.46. The van der Waals surface area contributed by atoms with Gasteiger partial charge in [-0.2, -0.15) is 4.31 Å². The molecule has 3 aromatic rings. The van der Waals surface area contributed by atoms with E-state index in [-0.39, 0.29) is 17.9 Å². The van der Waals surface area contributed by atoms with Gasteiger partial charge in [-0.05, 0) is 56.4 Å². The Hall–Kier alpha value is -2.29. The Bertz CT molecular complexity index is 1170. The molecular weight excluding hydrogens is 442 g/mol. The van der Waals surface area contributed by atoms with E-state index in [0.717, 1.165) is 41.0 Å². The van der Waals surface area contributed by atoms with E-state index in [4.69, 9.17) is 4.98 Å². The third-order valence-corrected chi connectivity index (χ3v) is 9.62. The molecule has 2 aromatic carbocycles. The van der Waals surface area contributed by atoms with E-state index in [2.05, 4.69) is 6.07 Å². The maximum Gasteiger partial charge on any atom is 0.243 e. The minimum Gasteiger partial charge on any atom is -0.333 e. The number of benzene rings is 2. The first-order valence-corrected chi connectivity index (χ1v) is 13.5. The van der Waals surface area contributed by atoms with Crippen molar-refractivity contribution in [3.8, 4) is 0 Å². The number of rotatable bonds is 4. The van der Waals surface area contributed by atoms with Gasteiger partial charge in [-0.3, -0.25) is 4.79 Å². The zero-order chi connectivity index (χ0) is 22.1. The number of carbonyl (C=O) groups is 1. The molecule has 8 heteroatoms. The maximum atomic E-state index is 13.5. The molecule has 0 N–H and O–H groups in total. The highest BCUT2D eigenvalue weighted by molar-refractivity contribution is 7.89. The van der Waals surface area contributed by atoms with Crippen molar-refractivity contribution in [3.63, 3.8) is 0 Å². The van der Waals surface area contributed by atoms with Crippen LogP contribution < -0.4 is 0 Å². The van der Waals surface area contributed by atoms with Crippen LogP contribution >= 0.6 is 11.3 Å². The van der Waals surface area contributed by atoms with E-state index in [0.29, 0.717) is 30.8 Å². The lowest BCUT2D eigenvalue weighted by atomic mass is 9.93. The fourth-order valence-electron chi connectivity index (χ4n) is 4.80. The Morgan fingerprint density at radius 1 is 0.906 bits per heavy atom. The Kier molecular flexibility index (Phi) is 6.01. The second-order valence-corrected chi connectivity index (χ2v) is 11.6. The van der Waals surface area contributed by atoms with Gasteiger partial charge in [-0.25, -0.2) is 13.4 Å². The second-order valence-electron chi connectivity index (χ2n) is 8.55. The van der Waals surface area contributed by atoms with Crippen molar-refractivity contribution >= 4 is 37.5 Å². The van der Waals surface area contributed by atoms with Gasteiger partial charge in [0.15, 0.2) is 0 Å². The van der Waals surface area contributed by atoms with E-state index < -0.39 is 10.0 Å². The van der Waals surface area contributed by atoms with Crippen LogP contribution in [-0.2, 0) is 14.8 Å². The van der Waals surface area contributed by atoms with Crippen LogP contribution in [-0.4, -0.2) is 48.1 Å². The second kappa shape index (κ2) is 8.92. The van der Waals surface area contributed by atoms with Crippen LogP contribution in [0.1, 0.15) is 43.2 Å². The molecule has 2 aliphatic rings. The Balaban J connectivity index is 1.29. The van der Waals surface area contributed by atoms with Gasteiger partial charge in [0.2, 0.25) is 15.9 Å². The summed E-state index contributed by atoms with van der Waals surface area (Å²) in [5, 5.41) is 1.02. The SMILES string of the molecule is O=C(C1CCN(S(=O)(=O)c2ccccc2)CC1)N1CCCCC1c1nc2ccccc2s1. The number of hydrogen-bond donors (Lipinski definition) is 0. The van der Waals surface area contributed by atoms with Gasteiger partial charge in [-0.15, -0.1) is 11.3 Å². The van der Waals surface area contributed by atoms with Crippen molar-refractivity contribution in [1.82, 2.24) is 14.2 Å². The topological polar surface area (TPSA) is 70.6 Å². The molecule has 1 aromatic heterocycles. The molecule has 32 heavy (non-hydrogen) atoms. The van der Waals surface area contributed by atoms with Crippen LogP contribution in [0.4, 0.5) is 0 Å². The van der Waals surface area contributed by atoms with E-state index in [1.807, 2.05) is 29.2 Å². The summed E-state index contributed by atoms with van der Waals surface area (Å²) in [6.45, 7) is 1.52. The number of amides is 1. The van der Waals surface area contributed by atoms with Crippen molar-refractivity contribution in [1.29, 1.82) is 0 Å². The molecule has 0 spiro atoms.